The maximum Gasteiger partial charge on any atom is 0.198 e. The third-order valence-electron chi connectivity index (χ3n) is 3.55. The number of benzene rings is 2. The number of nitrogens with one attached hydrogen (secondary N) is 1. The van der Waals surface area contributed by atoms with E-state index in [-0.39, 0.29) is 5.88 Å². The lowest BCUT2D eigenvalue weighted by molar-refractivity contribution is 0.457. The van der Waals surface area contributed by atoms with E-state index >= 15 is 0 Å². The van der Waals surface area contributed by atoms with Gasteiger partial charge in [-0.2, -0.15) is 0 Å². The van der Waals surface area contributed by atoms with Crippen LogP contribution in [0.1, 0.15) is 22.3 Å². The van der Waals surface area contributed by atoms with Crippen LogP contribution in [0.15, 0.2) is 47.5 Å². The van der Waals surface area contributed by atoms with Gasteiger partial charge in [0.25, 0.3) is 0 Å². The molecule has 0 spiro atoms. The molecule has 2 aromatic carbocycles. The van der Waals surface area contributed by atoms with Crippen molar-refractivity contribution in [2.24, 2.45) is 4.99 Å². The highest BCUT2D eigenvalue weighted by Crippen LogP contribution is 2.26. The number of aryl methyl sites for hydroxylation is 2. The Morgan fingerprint density at radius 2 is 1.90 bits per heavy atom. The third-order valence-corrected chi connectivity index (χ3v) is 3.55. The molecule has 3 rings (SSSR count). The summed E-state index contributed by atoms with van der Waals surface area (Å²) in [4.78, 5) is 7.44. The van der Waals surface area contributed by atoms with Crippen molar-refractivity contribution in [3.05, 3.63) is 64.7 Å². The molecule has 0 radical (unpaired) electrons. The summed E-state index contributed by atoms with van der Waals surface area (Å²) in [5, 5.41) is 11.0. The number of fused-ring (bicyclic) bond motifs is 1. The average molecular weight is 278 g/mol. The van der Waals surface area contributed by atoms with E-state index in [1.54, 1.807) is 6.21 Å². The van der Waals surface area contributed by atoms with Crippen molar-refractivity contribution in [2.75, 3.05) is 0 Å². The Balaban J connectivity index is 1.87. The van der Waals surface area contributed by atoms with Crippen molar-refractivity contribution in [1.29, 1.82) is 0 Å². The predicted octanol–water partition coefficient (Wildman–Crippen LogP) is 4.11. The van der Waals surface area contributed by atoms with Crippen LogP contribution in [-0.4, -0.2) is 16.3 Å². The molecule has 0 fully saturated rings. The number of nitrogens with zero attached hydrogens (tertiary/aromatic N) is 1. The standard InChI is InChI=1S/C18H18N2O/c1-12-4-3-5-14(8-12)10-19-11-16-15-7-6-13(2)9-17(15)20-18(16)21/h3-9,11,20-21H,10H2,1-2H3. The number of aromatic nitrogens is 1. The van der Waals surface area contributed by atoms with E-state index in [2.05, 4.69) is 35.1 Å². The summed E-state index contributed by atoms with van der Waals surface area (Å²) in [5.41, 5.74) is 5.24. The van der Waals surface area contributed by atoms with Gasteiger partial charge in [-0.25, -0.2) is 0 Å². The summed E-state index contributed by atoms with van der Waals surface area (Å²) in [7, 11) is 0. The fourth-order valence-corrected chi connectivity index (χ4v) is 2.50. The highest BCUT2D eigenvalue weighted by Gasteiger charge is 2.08. The molecular weight excluding hydrogens is 260 g/mol. The van der Waals surface area contributed by atoms with Gasteiger partial charge in [0.2, 0.25) is 0 Å². The normalized spacial score (nSPS) is 11.5. The number of H-pyrrole nitrogens is 1. The molecule has 1 heterocycles. The van der Waals surface area contributed by atoms with E-state index in [9.17, 15) is 5.11 Å². The average Bonchev–Trinajstić information content (AvgIpc) is 2.74. The summed E-state index contributed by atoms with van der Waals surface area (Å²) in [6.45, 7) is 4.71. The molecule has 3 aromatic rings. The van der Waals surface area contributed by atoms with Gasteiger partial charge in [0.1, 0.15) is 0 Å². The lowest BCUT2D eigenvalue weighted by Crippen LogP contribution is -1.85. The van der Waals surface area contributed by atoms with Gasteiger partial charge in [0.15, 0.2) is 5.88 Å². The van der Waals surface area contributed by atoms with Crippen LogP contribution >= 0.6 is 0 Å². The largest absolute Gasteiger partial charge is 0.494 e. The molecule has 21 heavy (non-hydrogen) atoms. The quantitative estimate of drug-likeness (QED) is 0.696. The van der Waals surface area contributed by atoms with Crippen LogP contribution in [0.3, 0.4) is 0 Å². The van der Waals surface area contributed by atoms with Crippen LogP contribution in [0.4, 0.5) is 0 Å². The van der Waals surface area contributed by atoms with Gasteiger partial charge in [-0.3, -0.25) is 4.99 Å². The summed E-state index contributed by atoms with van der Waals surface area (Å²) in [5.74, 6) is 0.170. The molecule has 0 aliphatic carbocycles. The fraction of sp³-hybridized carbons (Fsp3) is 0.167. The summed E-state index contributed by atoms with van der Waals surface area (Å²) < 4.78 is 0. The van der Waals surface area contributed by atoms with E-state index in [0.29, 0.717) is 6.54 Å². The maximum atomic E-state index is 10.0. The molecule has 2 N–H and O–H groups in total. The highest BCUT2D eigenvalue weighted by atomic mass is 16.3. The SMILES string of the molecule is Cc1cccc(CN=Cc2c(O)[nH]c3cc(C)ccc23)c1. The van der Waals surface area contributed by atoms with Gasteiger partial charge in [-0.15, -0.1) is 0 Å². The Bertz CT molecular complexity index is 815. The van der Waals surface area contributed by atoms with Gasteiger partial charge in [0, 0.05) is 17.1 Å². The molecule has 0 aliphatic rings. The van der Waals surface area contributed by atoms with Crippen LogP contribution in [0.5, 0.6) is 5.88 Å². The Kier molecular flexibility index (Phi) is 3.48. The van der Waals surface area contributed by atoms with Crippen molar-refractivity contribution in [2.45, 2.75) is 20.4 Å². The van der Waals surface area contributed by atoms with E-state index in [4.69, 9.17) is 0 Å². The molecule has 0 bridgehead atoms. The maximum absolute atomic E-state index is 10.0. The third kappa shape index (κ3) is 2.82. The van der Waals surface area contributed by atoms with Crippen LogP contribution < -0.4 is 0 Å². The highest BCUT2D eigenvalue weighted by molar-refractivity contribution is 6.02. The second-order valence-electron chi connectivity index (χ2n) is 5.40. The zero-order valence-corrected chi connectivity index (χ0v) is 12.2. The van der Waals surface area contributed by atoms with Gasteiger partial charge >= 0.3 is 0 Å². The molecule has 106 valence electrons. The number of aliphatic imine (C=N–C) groups is 1. The molecule has 0 saturated carbocycles. The zero-order valence-electron chi connectivity index (χ0n) is 12.2. The lowest BCUT2D eigenvalue weighted by Gasteiger charge is -1.98. The Hall–Kier alpha value is -2.55. The van der Waals surface area contributed by atoms with Crippen molar-refractivity contribution >= 4 is 17.1 Å². The number of aromatic hydroxyl groups is 1. The fourth-order valence-electron chi connectivity index (χ4n) is 2.50. The lowest BCUT2D eigenvalue weighted by atomic mass is 10.1. The number of hydrogen-bond donors (Lipinski definition) is 2. The second kappa shape index (κ2) is 5.44. The van der Waals surface area contributed by atoms with Gasteiger partial charge < -0.3 is 10.1 Å². The first-order valence-corrected chi connectivity index (χ1v) is 7.00. The van der Waals surface area contributed by atoms with Crippen molar-refractivity contribution in [3.8, 4) is 5.88 Å². The Labute approximate surface area is 124 Å². The topological polar surface area (TPSA) is 48.4 Å². The second-order valence-corrected chi connectivity index (χ2v) is 5.40. The zero-order chi connectivity index (χ0) is 14.8. The van der Waals surface area contributed by atoms with E-state index in [1.807, 2.05) is 31.2 Å². The summed E-state index contributed by atoms with van der Waals surface area (Å²) in [6, 6.07) is 14.3. The van der Waals surface area contributed by atoms with Crippen LogP contribution in [0, 0.1) is 13.8 Å². The minimum atomic E-state index is 0.170. The molecule has 0 unspecified atom stereocenters. The first-order valence-electron chi connectivity index (χ1n) is 7.00. The van der Waals surface area contributed by atoms with Crippen LogP contribution in [0.2, 0.25) is 0 Å². The number of rotatable bonds is 3. The van der Waals surface area contributed by atoms with E-state index in [0.717, 1.165) is 22.0 Å². The smallest absolute Gasteiger partial charge is 0.198 e. The monoisotopic (exact) mass is 278 g/mol. The first kappa shape index (κ1) is 13.4. The molecule has 0 aliphatic heterocycles. The van der Waals surface area contributed by atoms with Gasteiger partial charge in [-0.05, 0) is 31.0 Å². The van der Waals surface area contributed by atoms with Crippen LogP contribution in [-0.2, 0) is 6.54 Å². The molecular formula is C18H18N2O. The van der Waals surface area contributed by atoms with Crippen molar-refractivity contribution in [1.82, 2.24) is 4.98 Å². The summed E-state index contributed by atoms with van der Waals surface area (Å²) >= 11 is 0. The number of hydrogen-bond acceptors (Lipinski definition) is 2. The van der Waals surface area contributed by atoms with Gasteiger partial charge in [-0.1, -0.05) is 42.0 Å². The molecule has 0 saturated heterocycles. The minimum absolute atomic E-state index is 0.170. The van der Waals surface area contributed by atoms with Gasteiger partial charge in [0.05, 0.1) is 12.1 Å². The number of aromatic amines is 1. The Morgan fingerprint density at radius 3 is 2.71 bits per heavy atom. The van der Waals surface area contributed by atoms with E-state index in [1.165, 1.54) is 11.1 Å². The molecule has 3 nitrogen and oxygen atoms in total. The van der Waals surface area contributed by atoms with Crippen LogP contribution in [0.25, 0.3) is 10.9 Å². The molecule has 0 atom stereocenters. The first-order chi connectivity index (χ1) is 10.1. The summed E-state index contributed by atoms with van der Waals surface area (Å²) in [6.07, 6.45) is 1.74. The molecule has 1 aromatic heterocycles. The van der Waals surface area contributed by atoms with Crippen molar-refractivity contribution < 1.29 is 5.11 Å². The van der Waals surface area contributed by atoms with E-state index < -0.39 is 0 Å². The molecule has 3 heteroatoms. The minimum Gasteiger partial charge on any atom is -0.494 e. The van der Waals surface area contributed by atoms with Crippen molar-refractivity contribution in [3.63, 3.8) is 0 Å². The predicted molar refractivity (Wildman–Crippen MR) is 87.2 cm³/mol. The Morgan fingerprint density at radius 1 is 1.10 bits per heavy atom. The molecule has 0 amide bonds.